The molecule has 2 aliphatic heterocycles. The van der Waals surface area contributed by atoms with Crippen molar-refractivity contribution in [3.63, 3.8) is 0 Å². The maximum absolute atomic E-state index is 6.18. The van der Waals surface area contributed by atoms with Gasteiger partial charge in [-0.15, -0.1) is 0 Å². The van der Waals surface area contributed by atoms with Crippen LogP contribution in [0.4, 0.5) is 5.69 Å². The molecule has 0 radical (unpaired) electrons. The number of hydrogen-bond donors (Lipinski definition) is 2. The Kier molecular flexibility index (Phi) is 8.70. The number of methoxy groups -OCH3 is 1. The summed E-state index contributed by atoms with van der Waals surface area (Å²) in [6.07, 6.45) is 4.53. The monoisotopic (exact) mass is 424 g/mol. The largest absolute Gasteiger partial charge is 0.495 e. The van der Waals surface area contributed by atoms with Crippen molar-refractivity contribution < 1.29 is 14.2 Å². The maximum Gasteiger partial charge on any atom is 0.191 e. The molecule has 2 atom stereocenters. The third-order valence-corrected chi connectivity index (χ3v) is 5.56. The fraction of sp³-hybridized carbons (Fsp3) is 0.667. The zero-order chi connectivity index (χ0) is 20.5. The lowest BCUT2D eigenvalue weighted by atomic mass is 10.2. The summed E-state index contributed by atoms with van der Waals surface area (Å²) in [7, 11) is 3.49. The molecule has 0 spiro atoms. The minimum Gasteiger partial charge on any atom is -0.495 e. The summed E-state index contributed by atoms with van der Waals surface area (Å²) in [4.78, 5) is 6.65. The van der Waals surface area contributed by atoms with E-state index in [0.717, 1.165) is 81.0 Å². The van der Waals surface area contributed by atoms with Crippen molar-refractivity contribution in [2.45, 2.75) is 37.8 Å². The summed E-state index contributed by atoms with van der Waals surface area (Å²) in [6, 6.07) is 6.05. The zero-order valence-corrected chi connectivity index (χ0v) is 18.2. The van der Waals surface area contributed by atoms with Crippen molar-refractivity contribution in [2.24, 2.45) is 4.99 Å². The van der Waals surface area contributed by atoms with Crippen LogP contribution in [-0.4, -0.2) is 71.7 Å². The molecule has 2 saturated heterocycles. The summed E-state index contributed by atoms with van der Waals surface area (Å²) < 4.78 is 16.8. The molecule has 0 aliphatic carbocycles. The van der Waals surface area contributed by atoms with E-state index in [2.05, 4.69) is 20.5 Å². The van der Waals surface area contributed by atoms with Gasteiger partial charge in [0.2, 0.25) is 0 Å². The molecule has 1 aromatic carbocycles. The molecule has 2 N–H and O–H groups in total. The Balaban J connectivity index is 1.36. The number of ether oxygens (including phenoxy) is 3. The van der Waals surface area contributed by atoms with Crippen LogP contribution in [-0.2, 0) is 9.47 Å². The highest BCUT2D eigenvalue weighted by Gasteiger charge is 2.25. The second-order valence-electron chi connectivity index (χ2n) is 7.45. The Bertz CT molecular complexity index is 667. The van der Waals surface area contributed by atoms with Gasteiger partial charge in [-0.3, -0.25) is 4.99 Å². The number of halogens is 1. The van der Waals surface area contributed by atoms with Crippen molar-refractivity contribution in [1.82, 2.24) is 10.6 Å². The van der Waals surface area contributed by atoms with E-state index in [1.54, 1.807) is 14.2 Å². The van der Waals surface area contributed by atoms with E-state index in [4.69, 9.17) is 25.8 Å². The fourth-order valence-electron chi connectivity index (χ4n) is 3.77. The molecule has 0 bridgehead atoms. The molecule has 2 aliphatic rings. The topological polar surface area (TPSA) is 67.4 Å². The van der Waals surface area contributed by atoms with Crippen LogP contribution < -0.4 is 20.3 Å². The van der Waals surface area contributed by atoms with Crippen LogP contribution in [0.3, 0.4) is 0 Å². The van der Waals surface area contributed by atoms with E-state index < -0.39 is 0 Å². The van der Waals surface area contributed by atoms with E-state index in [-0.39, 0.29) is 0 Å². The molecule has 2 fully saturated rings. The number of nitrogens with one attached hydrogen (secondary N) is 2. The van der Waals surface area contributed by atoms with Crippen molar-refractivity contribution in [2.75, 3.05) is 58.5 Å². The number of nitrogens with zero attached hydrogens (tertiary/aromatic N) is 2. The maximum atomic E-state index is 6.18. The molecular formula is C21H33ClN4O3. The van der Waals surface area contributed by atoms with Gasteiger partial charge in [-0.05, 0) is 43.9 Å². The van der Waals surface area contributed by atoms with Crippen LogP contribution in [0.15, 0.2) is 23.2 Å². The molecule has 3 rings (SSSR count). The number of guanidine groups is 1. The normalized spacial score (nSPS) is 22.2. The SMILES string of the molecule is CN=C(NCCCOCC1CCCO1)NC1CCN(c2cc(Cl)ccc2OC)C1. The van der Waals surface area contributed by atoms with E-state index in [1.807, 2.05) is 18.2 Å². The van der Waals surface area contributed by atoms with Gasteiger partial charge in [0.15, 0.2) is 5.96 Å². The number of aliphatic imine (C=N–C) groups is 1. The van der Waals surface area contributed by atoms with Gasteiger partial charge in [-0.2, -0.15) is 0 Å². The molecule has 0 saturated carbocycles. The van der Waals surface area contributed by atoms with Gasteiger partial charge in [0.1, 0.15) is 5.75 Å². The van der Waals surface area contributed by atoms with Crippen LogP contribution in [0.5, 0.6) is 5.75 Å². The molecule has 8 heteroatoms. The van der Waals surface area contributed by atoms with Gasteiger partial charge in [0, 0.05) is 51.0 Å². The van der Waals surface area contributed by atoms with Gasteiger partial charge in [-0.25, -0.2) is 0 Å². The average Bonchev–Trinajstić information content (AvgIpc) is 3.41. The van der Waals surface area contributed by atoms with Crippen molar-refractivity contribution >= 4 is 23.2 Å². The Morgan fingerprint density at radius 2 is 2.28 bits per heavy atom. The highest BCUT2D eigenvalue weighted by atomic mass is 35.5. The van der Waals surface area contributed by atoms with E-state index in [9.17, 15) is 0 Å². The second kappa shape index (κ2) is 11.5. The Labute approximate surface area is 178 Å². The quantitative estimate of drug-likeness (QED) is 0.361. The minimum absolute atomic E-state index is 0.292. The van der Waals surface area contributed by atoms with E-state index in [0.29, 0.717) is 18.8 Å². The molecule has 2 heterocycles. The van der Waals surface area contributed by atoms with Gasteiger partial charge < -0.3 is 29.7 Å². The van der Waals surface area contributed by atoms with Gasteiger partial charge in [0.25, 0.3) is 0 Å². The highest BCUT2D eigenvalue weighted by molar-refractivity contribution is 6.30. The molecular weight excluding hydrogens is 392 g/mol. The number of rotatable bonds is 9. The number of hydrogen-bond acceptors (Lipinski definition) is 5. The summed E-state index contributed by atoms with van der Waals surface area (Å²) in [5.74, 6) is 1.68. The molecule has 0 amide bonds. The van der Waals surface area contributed by atoms with Gasteiger partial charge >= 0.3 is 0 Å². The van der Waals surface area contributed by atoms with E-state index >= 15 is 0 Å². The zero-order valence-electron chi connectivity index (χ0n) is 17.5. The lowest BCUT2D eigenvalue weighted by Crippen LogP contribution is -2.45. The van der Waals surface area contributed by atoms with Crippen molar-refractivity contribution in [3.8, 4) is 5.75 Å². The summed E-state index contributed by atoms with van der Waals surface area (Å²) in [6.45, 7) is 4.96. The van der Waals surface area contributed by atoms with Gasteiger partial charge in [0.05, 0.1) is 25.5 Å². The molecule has 7 nitrogen and oxygen atoms in total. The first-order valence-corrected chi connectivity index (χ1v) is 10.8. The Morgan fingerprint density at radius 3 is 3.03 bits per heavy atom. The summed E-state index contributed by atoms with van der Waals surface area (Å²) >= 11 is 6.18. The number of anilines is 1. The molecule has 162 valence electrons. The highest BCUT2D eigenvalue weighted by Crippen LogP contribution is 2.33. The lowest BCUT2D eigenvalue weighted by molar-refractivity contribution is 0.0168. The van der Waals surface area contributed by atoms with Crippen molar-refractivity contribution in [3.05, 3.63) is 23.2 Å². The van der Waals surface area contributed by atoms with Crippen LogP contribution in [0.1, 0.15) is 25.7 Å². The predicted molar refractivity (Wildman–Crippen MR) is 118 cm³/mol. The van der Waals surface area contributed by atoms with E-state index in [1.165, 1.54) is 0 Å². The van der Waals surface area contributed by atoms with Crippen molar-refractivity contribution in [1.29, 1.82) is 0 Å². The third kappa shape index (κ3) is 6.66. The predicted octanol–water partition coefficient (Wildman–Crippen LogP) is 2.68. The fourth-order valence-corrected chi connectivity index (χ4v) is 3.93. The second-order valence-corrected chi connectivity index (χ2v) is 7.89. The standard InChI is InChI=1S/C21H33ClN4O3/c1-23-21(24-9-4-11-28-15-18-5-3-12-29-18)25-17-8-10-26(14-17)19-13-16(22)6-7-20(19)27-2/h6-7,13,17-18H,3-5,8-12,14-15H2,1-2H3,(H2,23,24,25). The van der Waals surface area contributed by atoms with Crippen LogP contribution in [0.25, 0.3) is 0 Å². The Morgan fingerprint density at radius 1 is 1.38 bits per heavy atom. The van der Waals surface area contributed by atoms with Crippen LogP contribution in [0, 0.1) is 0 Å². The van der Waals surface area contributed by atoms with Crippen LogP contribution >= 0.6 is 11.6 Å². The lowest BCUT2D eigenvalue weighted by Gasteiger charge is -2.22. The summed E-state index contributed by atoms with van der Waals surface area (Å²) in [5.41, 5.74) is 1.04. The third-order valence-electron chi connectivity index (χ3n) is 5.32. The van der Waals surface area contributed by atoms with Crippen LogP contribution in [0.2, 0.25) is 5.02 Å². The molecule has 1 aromatic rings. The molecule has 29 heavy (non-hydrogen) atoms. The number of benzene rings is 1. The van der Waals surface area contributed by atoms with Gasteiger partial charge in [-0.1, -0.05) is 11.6 Å². The Hall–Kier alpha value is -1.70. The summed E-state index contributed by atoms with van der Waals surface area (Å²) in [5, 5.41) is 7.61. The minimum atomic E-state index is 0.292. The first-order chi connectivity index (χ1) is 14.2. The molecule has 0 aromatic heterocycles. The molecule has 2 unspecified atom stereocenters. The first kappa shape index (κ1) is 22.0. The average molecular weight is 425 g/mol. The smallest absolute Gasteiger partial charge is 0.191 e. The first-order valence-electron chi connectivity index (χ1n) is 10.4.